The molecule has 4 rings (SSSR count). The molecule has 6 nitrogen and oxygen atoms in total. The minimum Gasteiger partial charge on any atom is -0.508 e. The number of fused-ring (bicyclic) bond motifs is 3. The number of piperidine rings is 1. The predicted molar refractivity (Wildman–Crippen MR) is 132 cm³/mol. The number of carbonyl (C=O) groups is 1. The lowest BCUT2D eigenvalue weighted by molar-refractivity contribution is -0.180. The molecule has 1 amide bonds. The molecule has 190 valence electrons. The van der Waals surface area contributed by atoms with Crippen LogP contribution in [0.2, 0.25) is 0 Å². The van der Waals surface area contributed by atoms with Gasteiger partial charge in [-0.2, -0.15) is 0 Å². The number of likely N-dealkylation sites (tertiary alicyclic amines) is 1. The first-order valence-electron chi connectivity index (χ1n) is 13.0. The molecule has 0 radical (unpaired) electrons. The normalized spacial score (nSPS) is 28.3. The topological polar surface area (TPSA) is 68.2 Å². The number of hydrogen-bond donors (Lipinski definition) is 1. The molecule has 0 aromatic heterocycles. The van der Waals surface area contributed by atoms with E-state index in [0.717, 1.165) is 43.4 Å². The van der Waals surface area contributed by atoms with E-state index in [9.17, 15) is 9.90 Å². The molecule has 1 spiro atoms. The monoisotopic (exact) mass is 473 g/mol. The first-order chi connectivity index (χ1) is 15.9. The molecule has 1 aromatic carbocycles. The number of nitrogens with zero attached hydrogens (tertiary/aromatic N) is 1. The van der Waals surface area contributed by atoms with Crippen LogP contribution in [0.3, 0.4) is 0 Å². The Hall–Kier alpha value is -1.95. The van der Waals surface area contributed by atoms with Crippen molar-refractivity contribution in [3.05, 3.63) is 23.8 Å². The van der Waals surface area contributed by atoms with Crippen molar-refractivity contribution >= 4 is 6.09 Å². The van der Waals surface area contributed by atoms with Crippen LogP contribution in [0.1, 0.15) is 91.7 Å². The van der Waals surface area contributed by atoms with Crippen LogP contribution >= 0.6 is 0 Å². The maximum atomic E-state index is 12.6. The zero-order valence-electron chi connectivity index (χ0n) is 21.9. The van der Waals surface area contributed by atoms with Crippen LogP contribution in [0.25, 0.3) is 0 Å². The minimum absolute atomic E-state index is 0.0251. The number of aromatic hydroxyl groups is 1. The number of hydrogen-bond acceptors (Lipinski definition) is 5. The van der Waals surface area contributed by atoms with E-state index in [0.29, 0.717) is 25.6 Å². The highest BCUT2D eigenvalue weighted by atomic mass is 16.6. The maximum absolute atomic E-state index is 12.6. The van der Waals surface area contributed by atoms with Crippen LogP contribution < -0.4 is 4.74 Å². The number of carbonyl (C=O) groups excluding carboxylic acids is 1. The molecule has 6 heteroatoms. The second kappa shape index (κ2) is 9.25. The number of phenolic OH excluding ortho intramolecular Hbond substituents is 1. The highest BCUT2D eigenvalue weighted by molar-refractivity contribution is 5.68. The lowest BCUT2D eigenvalue weighted by Gasteiger charge is -2.55. The zero-order valence-corrected chi connectivity index (χ0v) is 21.9. The molecule has 3 atom stereocenters. The largest absolute Gasteiger partial charge is 0.508 e. The van der Waals surface area contributed by atoms with E-state index < -0.39 is 5.60 Å². The zero-order chi connectivity index (χ0) is 24.7. The predicted octanol–water partition coefficient (Wildman–Crippen LogP) is 6.46. The van der Waals surface area contributed by atoms with Gasteiger partial charge in [-0.25, -0.2) is 4.79 Å². The molecule has 3 aliphatic rings. The van der Waals surface area contributed by atoms with Gasteiger partial charge >= 0.3 is 6.09 Å². The summed E-state index contributed by atoms with van der Waals surface area (Å²) in [5.41, 5.74) is 0.268. The van der Waals surface area contributed by atoms with Crippen molar-refractivity contribution in [2.75, 3.05) is 19.7 Å². The number of amides is 1. The van der Waals surface area contributed by atoms with Gasteiger partial charge in [0.2, 0.25) is 0 Å². The van der Waals surface area contributed by atoms with Gasteiger partial charge in [0.25, 0.3) is 0 Å². The van der Waals surface area contributed by atoms with Crippen LogP contribution in [0.4, 0.5) is 4.79 Å². The quantitative estimate of drug-likeness (QED) is 0.543. The van der Waals surface area contributed by atoms with Gasteiger partial charge in [0.05, 0.1) is 12.7 Å². The molecule has 3 heterocycles. The first-order valence-corrected chi connectivity index (χ1v) is 13.0. The second-order valence-electron chi connectivity index (χ2n) is 12.4. The van der Waals surface area contributed by atoms with E-state index in [1.165, 1.54) is 6.42 Å². The minimum atomic E-state index is -0.480. The standard InChI is InChI=1S/C28H43NO5/c1-19(2)8-7-11-27(6)22-17-28(12-14-29(15-13-28)25(31)34-26(3,4)5)18-32-24(22)21-10-9-20(30)16-23(21)33-27/h9-10,16,19,22,24,30H,7-8,11-15,17-18H2,1-6H3/t22-,24+,27+/m0/s1. The highest BCUT2D eigenvalue weighted by Gasteiger charge is 2.54. The van der Waals surface area contributed by atoms with E-state index in [4.69, 9.17) is 14.2 Å². The lowest BCUT2D eigenvalue weighted by atomic mass is 9.63. The Labute approximate surface area is 204 Å². The summed E-state index contributed by atoms with van der Waals surface area (Å²) < 4.78 is 18.9. The van der Waals surface area contributed by atoms with Crippen molar-refractivity contribution in [1.29, 1.82) is 0 Å². The van der Waals surface area contributed by atoms with Crippen molar-refractivity contribution in [2.24, 2.45) is 17.3 Å². The summed E-state index contributed by atoms with van der Waals surface area (Å²) in [4.78, 5) is 14.4. The van der Waals surface area contributed by atoms with Crippen molar-refractivity contribution in [3.63, 3.8) is 0 Å². The molecule has 0 saturated carbocycles. The van der Waals surface area contributed by atoms with E-state index >= 15 is 0 Å². The average molecular weight is 474 g/mol. The van der Waals surface area contributed by atoms with Gasteiger partial charge in [-0.1, -0.05) is 20.3 Å². The summed E-state index contributed by atoms with van der Waals surface area (Å²) in [6.07, 6.45) is 5.85. The summed E-state index contributed by atoms with van der Waals surface area (Å²) in [6, 6.07) is 5.42. The van der Waals surface area contributed by atoms with E-state index in [2.05, 4.69) is 20.8 Å². The van der Waals surface area contributed by atoms with E-state index in [1.54, 1.807) is 12.1 Å². The van der Waals surface area contributed by atoms with Crippen LogP contribution in [0, 0.1) is 17.3 Å². The molecule has 1 aromatic rings. The van der Waals surface area contributed by atoms with E-state index in [-0.39, 0.29) is 34.9 Å². The van der Waals surface area contributed by atoms with E-state index in [1.807, 2.05) is 31.7 Å². The second-order valence-corrected chi connectivity index (χ2v) is 12.4. The molecule has 1 N–H and O–H groups in total. The lowest BCUT2D eigenvalue weighted by Crippen LogP contribution is -2.56. The fourth-order valence-corrected chi connectivity index (χ4v) is 5.97. The first kappa shape index (κ1) is 25.2. The summed E-state index contributed by atoms with van der Waals surface area (Å²) in [6.45, 7) is 14.6. The molecule has 0 bridgehead atoms. The molecule has 2 saturated heterocycles. The van der Waals surface area contributed by atoms with Crippen LogP contribution in [-0.2, 0) is 9.47 Å². The summed E-state index contributed by atoms with van der Waals surface area (Å²) in [5.74, 6) is 1.87. The van der Waals surface area contributed by atoms with Gasteiger partial charge in [0, 0.05) is 30.6 Å². The molecule has 34 heavy (non-hydrogen) atoms. The third kappa shape index (κ3) is 5.32. The van der Waals surface area contributed by atoms with Gasteiger partial charge in [-0.3, -0.25) is 0 Å². The van der Waals surface area contributed by atoms with Crippen LogP contribution in [-0.4, -0.2) is 47.0 Å². The molecule has 0 aliphatic carbocycles. The fourth-order valence-electron chi connectivity index (χ4n) is 5.97. The number of rotatable bonds is 4. The Kier molecular flexibility index (Phi) is 6.84. The molecule has 2 fully saturated rings. The van der Waals surface area contributed by atoms with Crippen molar-refractivity contribution in [2.45, 2.75) is 97.4 Å². The maximum Gasteiger partial charge on any atom is 0.410 e. The van der Waals surface area contributed by atoms with Gasteiger partial charge in [0.15, 0.2) is 0 Å². The highest BCUT2D eigenvalue weighted by Crippen LogP contribution is 2.57. The Morgan fingerprint density at radius 1 is 1.26 bits per heavy atom. The summed E-state index contributed by atoms with van der Waals surface area (Å²) in [7, 11) is 0. The van der Waals surface area contributed by atoms with Crippen molar-refractivity contribution < 1.29 is 24.1 Å². The third-order valence-corrected chi connectivity index (χ3v) is 7.95. The number of phenols is 1. The fraction of sp³-hybridized carbons (Fsp3) is 0.750. The van der Waals surface area contributed by atoms with Crippen LogP contribution in [0.5, 0.6) is 11.5 Å². The smallest absolute Gasteiger partial charge is 0.410 e. The molecule has 3 aliphatic heterocycles. The summed E-state index contributed by atoms with van der Waals surface area (Å²) in [5, 5.41) is 10.1. The van der Waals surface area contributed by atoms with Crippen molar-refractivity contribution in [3.8, 4) is 11.5 Å². The number of ether oxygens (including phenoxy) is 3. The summed E-state index contributed by atoms with van der Waals surface area (Å²) >= 11 is 0. The van der Waals surface area contributed by atoms with Gasteiger partial charge in [0.1, 0.15) is 22.7 Å². The SMILES string of the molecule is CC(C)CCC[C@@]1(C)Oc2cc(O)ccc2[C@H]2OCC3(CCN(C(=O)OC(C)(C)C)CC3)C[C@@H]21. The Morgan fingerprint density at radius 2 is 1.97 bits per heavy atom. The Bertz CT molecular complexity index is 883. The van der Waals surface area contributed by atoms with Gasteiger partial charge in [-0.05, 0) is 83.3 Å². The molecular formula is C28H43NO5. The van der Waals surface area contributed by atoms with Gasteiger partial charge in [-0.15, -0.1) is 0 Å². The third-order valence-electron chi connectivity index (χ3n) is 7.95. The molecular weight excluding hydrogens is 430 g/mol. The Balaban J connectivity index is 1.52. The average Bonchev–Trinajstić information content (AvgIpc) is 2.73. The van der Waals surface area contributed by atoms with Crippen molar-refractivity contribution in [1.82, 2.24) is 4.90 Å². The Morgan fingerprint density at radius 3 is 2.62 bits per heavy atom. The molecule has 0 unspecified atom stereocenters. The van der Waals surface area contributed by atoms with Crippen LogP contribution in [0.15, 0.2) is 18.2 Å². The number of benzene rings is 1. The van der Waals surface area contributed by atoms with Gasteiger partial charge < -0.3 is 24.2 Å².